The summed E-state index contributed by atoms with van der Waals surface area (Å²) in [5.41, 5.74) is 1.02. The standard InChI is InChI=1S/C21H25F3N2O/c1-27-20-9-5-3-7-18(20)16-26-14-12-25(13-15-26)11-10-17-6-2-4-8-19(17)21(22,23)24/h2-9H,10-16H2,1H3. The monoisotopic (exact) mass is 378 g/mol. The van der Waals surface area contributed by atoms with Crippen LogP contribution < -0.4 is 4.74 Å². The van der Waals surface area contributed by atoms with E-state index in [-0.39, 0.29) is 0 Å². The van der Waals surface area contributed by atoms with Crippen molar-refractivity contribution in [1.82, 2.24) is 9.80 Å². The number of rotatable bonds is 6. The Balaban J connectivity index is 1.51. The number of benzene rings is 2. The van der Waals surface area contributed by atoms with Crippen LogP contribution in [-0.2, 0) is 19.1 Å². The van der Waals surface area contributed by atoms with Crippen LogP contribution in [0.25, 0.3) is 0 Å². The van der Waals surface area contributed by atoms with Crippen LogP contribution in [-0.4, -0.2) is 49.6 Å². The van der Waals surface area contributed by atoms with E-state index in [1.54, 1.807) is 19.2 Å². The molecule has 0 aliphatic carbocycles. The van der Waals surface area contributed by atoms with Crippen molar-refractivity contribution in [3.63, 3.8) is 0 Å². The van der Waals surface area contributed by atoms with E-state index in [9.17, 15) is 13.2 Å². The molecule has 0 spiro atoms. The first-order valence-electron chi connectivity index (χ1n) is 9.19. The molecule has 0 unspecified atom stereocenters. The van der Waals surface area contributed by atoms with Crippen molar-refractivity contribution in [2.75, 3.05) is 39.8 Å². The second kappa shape index (κ2) is 8.76. The molecule has 0 aromatic heterocycles. The topological polar surface area (TPSA) is 15.7 Å². The summed E-state index contributed by atoms with van der Waals surface area (Å²) < 4.78 is 44.7. The van der Waals surface area contributed by atoms with Gasteiger partial charge in [-0.05, 0) is 24.1 Å². The first-order valence-corrected chi connectivity index (χ1v) is 9.19. The maximum Gasteiger partial charge on any atom is 0.416 e. The lowest BCUT2D eigenvalue weighted by Gasteiger charge is -2.35. The third kappa shape index (κ3) is 5.23. The van der Waals surface area contributed by atoms with E-state index in [1.807, 2.05) is 18.2 Å². The quantitative estimate of drug-likeness (QED) is 0.754. The van der Waals surface area contributed by atoms with Gasteiger partial charge in [-0.15, -0.1) is 0 Å². The van der Waals surface area contributed by atoms with Gasteiger partial charge in [0, 0.05) is 44.8 Å². The van der Waals surface area contributed by atoms with E-state index in [4.69, 9.17) is 4.74 Å². The van der Waals surface area contributed by atoms with E-state index < -0.39 is 11.7 Å². The fourth-order valence-electron chi connectivity index (χ4n) is 3.54. The molecule has 2 aromatic carbocycles. The molecule has 0 amide bonds. The van der Waals surface area contributed by atoms with Crippen LogP contribution in [0.2, 0.25) is 0 Å². The Hall–Kier alpha value is -2.05. The highest BCUT2D eigenvalue weighted by Crippen LogP contribution is 2.32. The Labute approximate surface area is 158 Å². The van der Waals surface area contributed by atoms with Gasteiger partial charge in [-0.1, -0.05) is 36.4 Å². The summed E-state index contributed by atoms with van der Waals surface area (Å²) in [6.45, 7) is 5.01. The largest absolute Gasteiger partial charge is 0.496 e. The average molecular weight is 378 g/mol. The van der Waals surface area contributed by atoms with E-state index in [1.165, 1.54) is 12.1 Å². The van der Waals surface area contributed by atoms with Crippen LogP contribution in [0.4, 0.5) is 13.2 Å². The SMILES string of the molecule is COc1ccccc1CN1CCN(CCc2ccccc2C(F)(F)F)CC1. The van der Waals surface area contributed by atoms with Crippen molar-refractivity contribution in [1.29, 1.82) is 0 Å². The van der Waals surface area contributed by atoms with Gasteiger partial charge in [-0.25, -0.2) is 0 Å². The number of para-hydroxylation sites is 1. The molecule has 0 bridgehead atoms. The van der Waals surface area contributed by atoms with Crippen molar-refractivity contribution in [2.24, 2.45) is 0 Å². The predicted molar refractivity (Wildman–Crippen MR) is 99.9 cm³/mol. The van der Waals surface area contributed by atoms with Crippen molar-refractivity contribution >= 4 is 0 Å². The van der Waals surface area contributed by atoms with Crippen molar-refractivity contribution in [3.05, 3.63) is 65.2 Å². The number of alkyl halides is 3. The average Bonchev–Trinajstić information content (AvgIpc) is 2.67. The minimum atomic E-state index is -4.29. The fraction of sp³-hybridized carbons (Fsp3) is 0.429. The number of nitrogens with zero attached hydrogens (tertiary/aromatic N) is 2. The molecule has 6 heteroatoms. The lowest BCUT2D eigenvalue weighted by Crippen LogP contribution is -2.46. The van der Waals surface area contributed by atoms with Gasteiger partial charge < -0.3 is 9.64 Å². The van der Waals surface area contributed by atoms with Crippen molar-refractivity contribution in [3.8, 4) is 5.75 Å². The maximum atomic E-state index is 13.1. The normalized spacial score (nSPS) is 16.4. The molecule has 1 aliphatic rings. The number of piperazine rings is 1. The highest BCUT2D eigenvalue weighted by atomic mass is 19.4. The molecule has 27 heavy (non-hydrogen) atoms. The van der Waals surface area contributed by atoms with Gasteiger partial charge in [0.1, 0.15) is 5.75 Å². The van der Waals surface area contributed by atoms with Crippen molar-refractivity contribution in [2.45, 2.75) is 19.1 Å². The molecular formula is C21H25F3N2O. The highest BCUT2D eigenvalue weighted by molar-refractivity contribution is 5.33. The number of hydrogen-bond donors (Lipinski definition) is 0. The molecule has 1 aliphatic heterocycles. The lowest BCUT2D eigenvalue weighted by atomic mass is 10.0. The zero-order valence-electron chi connectivity index (χ0n) is 15.5. The summed E-state index contributed by atoms with van der Waals surface area (Å²) in [6.07, 6.45) is -3.87. The lowest BCUT2D eigenvalue weighted by molar-refractivity contribution is -0.138. The Bertz CT molecular complexity index is 740. The zero-order chi connectivity index (χ0) is 19.3. The summed E-state index contributed by atoms with van der Waals surface area (Å²) in [5.74, 6) is 0.892. The number of ether oxygens (including phenoxy) is 1. The molecule has 146 valence electrons. The molecule has 0 N–H and O–H groups in total. The summed E-state index contributed by atoms with van der Waals surface area (Å²) >= 11 is 0. The maximum absolute atomic E-state index is 13.1. The minimum absolute atomic E-state index is 0.376. The molecule has 3 nitrogen and oxygen atoms in total. The Morgan fingerprint density at radius 2 is 1.44 bits per heavy atom. The van der Waals surface area contributed by atoms with Gasteiger partial charge in [0.25, 0.3) is 0 Å². The van der Waals surface area contributed by atoms with Gasteiger partial charge in [-0.2, -0.15) is 13.2 Å². The molecule has 2 aromatic rings. The zero-order valence-corrected chi connectivity index (χ0v) is 15.5. The summed E-state index contributed by atoms with van der Waals surface area (Å²) in [6, 6.07) is 13.9. The first kappa shape index (κ1) is 19.7. The molecular weight excluding hydrogens is 353 g/mol. The number of halogens is 3. The van der Waals surface area contributed by atoms with E-state index in [0.29, 0.717) is 18.5 Å². The van der Waals surface area contributed by atoms with Crippen molar-refractivity contribution < 1.29 is 17.9 Å². The van der Waals surface area contributed by atoms with E-state index in [2.05, 4.69) is 15.9 Å². The van der Waals surface area contributed by atoms with Gasteiger partial charge in [0.15, 0.2) is 0 Å². The highest BCUT2D eigenvalue weighted by Gasteiger charge is 2.32. The molecule has 0 radical (unpaired) electrons. The van der Waals surface area contributed by atoms with Gasteiger partial charge in [0.05, 0.1) is 12.7 Å². The smallest absolute Gasteiger partial charge is 0.416 e. The summed E-state index contributed by atoms with van der Waals surface area (Å²) in [4.78, 5) is 4.60. The fourth-order valence-corrected chi connectivity index (χ4v) is 3.54. The van der Waals surface area contributed by atoms with Gasteiger partial charge in [0.2, 0.25) is 0 Å². The molecule has 0 atom stereocenters. The number of methoxy groups -OCH3 is 1. The van der Waals surface area contributed by atoms with Gasteiger partial charge in [-0.3, -0.25) is 4.90 Å². The van der Waals surface area contributed by atoms with Crippen LogP contribution in [0.1, 0.15) is 16.7 Å². The Morgan fingerprint density at radius 1 is 0.852 bits per heavy atom. The van der Waals surface area contributed by atoms with Crippen LogP contribution in [0, 0.1) is 0 Å². The van der Waals surface area contributed by atoms with Crippen LogP contribution >= 0.6 is 0 Å². The van der Waals surface area contributed by atoms with E-state index in [0.717, 1.165) is 44.0 Å². The van der Waals surface area contributed by atoms with Crippen LogP contribution in [0.3, 0.4) is 0 Å². The first-order chi connectivity index (χ1) is 13.0. The second-order valence-corrected chi connectivity index (χ2v) is 6.83. The molecule has 3 rings (SSSR count). The van der Waals surface area contributed by atoms with E-state index >= 15 is 0 Å². The summed E-state index contributed by atoms with van der Waals surface area (Å²) in [7, 11) is 1.68. The van der Waals surface area contributed by atoms with Crippen LogP contribution in [0.15, 0.2) is 48.5 Å². The third-order valence-corrected chi connectivity index (χ3v) is 5.07. The molecule has 0 saturated carbocycles. The predicted octanol–water partition coefficient (Wildman–Crippen LogP) is 4.07. The minimum Gasteiger partial charge on any atom is -0.496 e. The molecule has 1 saturated heterocycles. The Morgan fingerprint density at radius 3 is 2.11 bits per heavy atom. The molecule has 1 heterocycles. The molecule has 1 fully saturated rings. The summed E-state index contributed by atoms with van der Waals surface area (Å²) in [5, 5.41) is 0. The van der Waals surface area contributed by atoms with Gasteiger partial charge >= 0.3 is 6.18 Å². The number of hydrogen-bond acceptors (Lipinski definition) is 3. The van der Waals surface area contributed by atoms with Crippen LogP contribution in [0.5, 0.6) is 5.75 Å². The Kier molecular flexibility index (Phi) is 6.39. The second-order valence-electron chi connectivity index (χ2n) is 6.83. The third-order valence-electron chi connectivity index (χ3n) is 5.07.